The number of fused-ring (bicyclic) bond motifs is 2. The Labute approximate surface area is 324 Å². The zero-order chi connectivity index (χ0) is 37.9. The molecule has 0 saturated carbocycles. The zero-order valence-corrected chi connectivity index (χ0v) is 31.6. The molecule has 4 aliphatic rings. The Morgan fingerprint density at radius 2 is 1.56 bits per heavy atom. The lowest BCUT2D eigenvalue weighted by atomic mass is 9.69. The topological polar surface area (TPSA) is 99.2 Å². The van der Waals surface area contributed by atoms with Gasteiger partial charge in [-0.15, -0.1) is 0 Å². The second kappa shape index (κ2) is 16.3. The number of ether oxygens (including phenoxy) is 1. The third kappa shape index (κ3) is 7.97. The monoisotopic (exact) mass is 737 g/mol. The molecule has 0 radical (unpaired) electrons. The molecule has 8 heteroatoms. The molecule has 8 rings (SSSR count). The smallest absolute Gasteiger partial charge is 0.262 e. The maximum absolute atomic E-state index is 13.2. The van der Waals surface area contributed by atoms with Gasteiger partial charge in [0.25, 0.3) is 11.8 Å². The molecule has 4 aromatic rings. The second-order valence-electron chi connectivity index (χ2n) is 15.9. The highest BCUT2D eigenvalue weighted by molar-refractivity contribution is 6.23. The van der Waals surface area contributed by atoms with Crippen LogP contribution in [0.15, 0.2) is 103 Å². The first-order chi connectivity index (χ1) is 26.8. The molecule has 2 saturated heterocycles. The minimum Gasteiger partial charge on any atom is -0.508 e. The lowest BCUT2D eigenvalue weighted by molar-refractivity contribution is -0.125. The predicted octanol–water partition coefficient (Wildman–Crippen LogP) is 8.15. The van der Waals surface area contributed by atoms with Crippen LogP contribution < -0.4 is 10.1 Å². The number of hydrogen-bond acceptors (Lipinski definition) is 6. The number of carbonyl (C=O) groups excluding carboxylic acids is 3. The van der Waals surface area contributed by atoms with Gasteiger partial charge in [-0.05, 0) is 141 Å². The van der Waals surface area contributed by atoms with E-state index in [0.29, 0.717) is 47.9 Å². The number of imide groups is 1. The Balaban J connectivity index is 0.766. The lowest BCUT2D eigenvalue weighted by Crippen LogP contribution is -2.51. The van der Waals surface area contributed by atoms with Crippen LogP contribution in [-0.4, -0.2) is 64.9 Å². The van der Waals surface area contributed by atoms with Crippen LogP contribution >= 0.6 is 0 Å². The number of nitrogens with one attached hydrogen (secondary N) is 1. The summed E-state index contributed by atoms with van der Waals surface area (Å²) < 4.78 is 6.24. The molecule has 1 aliphatic carbocycles. The van der Waals surface area contributed by atoms with E-state index in [-0.39, 0.29) is 23.6 Å². The number of allylic oxidation sites excluding steroid dienone is 1. The van der Waals surface area contributed by atoms with E-state index >= 15 is 0 Å². The highest BCUT2D eigenvalue weighted by Gasteiger charge is 2.44. The Morgan fingerprint density at radius 1 is 0.782 bits per heavy atom. The third-order valence-corrected chi connectivity index (χ3v) is 12.4. The molecule has 3 amide bonds. The molecule has 8 nitrogen and oxygen atoms in total. The Morgan fingerprint density at radius 3 is 2.35 bits per heavy atom. The van der Waals surface area contributed by atoms with Gasteiger partial charge in [-0.3, -0.25) is 24.2 Å². The van der Waals surface area contributed by atoms with Crippen molar-refractivity contribution in [2.45, 2.75) is 82.1 Å². The second-order valence-corrected chi connectivity index (χ2v) is 15.9. The lowest BCUT2D eigenvalue weighted by Gasteiger charge is -2.35. The minimum atomic E-state index is -0.781. The van der Waals surface area contributed by atoms with Crippen LogP contribution in [0, 0.1) is 5.92 Å². The molecule has 3 heterocycles. The van der Waals surface area contributed by atoms with Crippen molar-refractivity contribution < 1.29 is 24.2 Å². The van der Waals surface area contributed by atoms with E-state index in [1.54, 1.807) is 6.07 Å². The molecule has 3 aliphatic heterocycles. The molecule has 3 atom stereocenters. The highest BCUT2D eigenvalue weighted by Crippen LogP contribution is 2.47. The summed E-state index contributed by atoms with van der Waals surface area (Å²) in [7, 11) is 0. The predicted molar refractivity (Wildman–Crippen MR) is 213 cm³/mol. The van der Waals surface area contributed by atoms with E-state index in [0.717, 1.165) is 73.9 Å². The van der Waals surface area contributed by atoms with E-state index < -0.39 is 6.04 Å². The van der Waals surface area contributed by atoms with E-state index in [1.807, 2.05) is 24.3 Å². The first-order valence-corrected chi connectivity index (χ1v) is 20.1. The van der Waals surface area contributed by atoms with Crippen molar-refractivity contribution in [1.29, 1.82) is 0 Å². The molecule has 2 N–H and O–H groups in total. The van der Waals surface area contributed by atoms with Gasteiger partial charge in [-0.1, -0.05) is 74.0 Å². The van der Waals surface area contributed by atoms with Crippen LogP contribution in [0.2, 0.25) is 0 Å². The maximum atomic E-state index is 13.2. The summed E-state index contributed by atoms with van der Waals surface area (Å²) in [5.41, 5.74) is 7.67. The quantitative estimate of drug-likeness (QED) is 0.113. The number of carbonyl (C=O) groups is 3. The van der Waals surface area contributed by atoms with Crippen LogP contribution in [-0.2, 0) is 17.6 Å². The minimum absolute atomic E-state index is 0.227. The molecule has 2 fully saturated rings. The molecule has 0 spiro atoms. The van der Waals surface area contributed by atoms with Gasteiger partial charge in [0.05, 0.1) is 11.1 Å². The largest absolute Gasteiger partial charge is 0.508 e. The molecule has 55 heavy (non-hydrogen) atoms. The van der Waals surface area contributed by atoms with Crippen molar-refractivity contribution in [2.75, 3.05) is 26.2 Å². The number of aryl methyl sites for hydroxylation is 2. The number of likely N-dealkylation sites (tertiary alicyclic amines) is 1. The normalized spacial score (nSPS) is 21.7. The Kier molecular flexibility index (Phi) is 10.9. The number of unbranched alkanes of at least 4 members (excludes halogenated alkanes) is 1. The van der Waals surface area contributed by atoms with Gasteiger partial charge < -0.3 is 15.2 Å². The fourth-order valence-corrected chi connectivity index (χ4v) is 9.36. The summed E-state index contributed by atoms with van der Waals surface area (Å²) in [5.74, 6) is 1.48. The van der Waals surface area contributed by atoms with Crippen LogP contribution in [0.4, 0.5) is 0 Å². The number of hydrogen-bond donors (Lipinski definition) is 2. The van der Waals surface area contributed by atoms with E-state index in [1.165, 1.54) is 41.5 Å². The number of phenolic OH excluding ortho intramolecular Hbond substituents is 1. The van der Waals surface area contributed by atoms with Gasteiger partial charge in [-0.25, -0.2) is 0 Å². The summed E-state index contributed by atoms with van der Waals surface area (Å²) in [5, 5.41) is 12.9. The molecule has 4 aromatic carbocycles. The van der Waals surface area contributed by atoms with Crippen LogP contribution in [0.3, 0.4) is 0 Å². The first-order valence-electron chi connectivity index (χ1n) is 20.1. The number of piperidine rings is 2. The number of aromatic hydroxyl groups is 1. The van der Waals surface area contributed by atoms with E-state index in [4.69, 9.17) is 4.74 Å². The summed E-state index contributed by atoms with van der Waals surface area (Å²) in [6.45, 7) is 7.57. The van der Waals surface area contributed by atoms with Crippen molar-refractivity contribution >= 4 is 17.7 Å². The fourth-order valence-electron chi connectivity index (χ4n) is 9.36. The van der Waals surface area contributed by atoms with Crippen molar-refractivity contribution in [1.82, 2.24) is 15.1 Å². The van der Waals surface area contributed by atoms with Gasteiger partial charge in [0.1, 0.15) is 24.1 Å². The van der Waals surface area contributed by atoms with Crippen molar-refractivity contribution in [3.63, 3.8) is 0 Å². The Bertz CT molecular complexity index is 2050. The van der Waals surface area contributed by atoms with Crippen molar-refractivity contribution in [3.05, 3.63) is 142 Å². The molecular weight excluding hydrogens is 687 g/mol. The van der Waals surface area contributed by atoms with Gasteiger partial charge in [0.15, 0.2) is 0 Å². The number of rotatable bonds is 12. The zero-order valence-electron chi connectivity index (χ0n) is 31.6. The summed E-state index contributed by atoms with van der Waals surface area (Å²) in [6.07, 6.45) is 9.60. The average Bonchev–Trinajstić information content (AvgIpc) is 3.45. The fraction of sp³-hybridized carbons (Fsp3) is 0.383. The van der Waals surface area contributed by atoms with Gasteiger partial charge in [0, 0.05) is 18.2 Å². The standard InChI is InChI=1S/C47H51N3O5/c1-31-11-22-43(45(52)48-31)50-46(53)41-19-12-33(29-42(41)47(50)54)8-6-5-7-32-23-25-49(26-24-32)27-28-55-38-17-13-35(14-18-38)44-39(34-9-3-2-4-10-34)20-15-36-30-37(51)16-21-40(36)44/h2-4,9-10,12-14,16-19,21,29-30,32,39,43-44,51H,1,5-8,11,15,20,22-28H2,(H,48,52)/t39-,43?,44+/m1/s1. The summed E-state index contributed by atoms with van der Waals surface area (Å²) in [6, 6.07) is 30.1. The van der Waals surface area contributed by atoms with Crippen LogP contribution in [0.5, 0.6) is 11.5 Å². The van der Waals surface area contributed by atoms with Gasteiger partial charge >= 0.3 is 0 Å². The number of benzene rings is 4. The molecule has 0 bridgehead atoms. The number of amides is 3. The average molecular weight is 738 g/mol. The van der Waals surface area contributed by atoms with Crippen LogP contribution in [0.25, 0.3) is 0 Å². The van der Waals surface area contributed by atoms with Gasteiger partial charge in [-0.2, -0.15) is 0 Å². The van der Waals surface area contributed by atoms with Crippen molar-refractivity contribution in [2.24, 2.45) is 5.92 Å². The molecular formula is C47H51N3O5. The Hall–Kier alpha value is -5.21. The SMILES string of the molecule is C=C1CCC(N2C(=O)c3ccc(CCCCC4CCN(CCOc5ccc([C@@H]6c7ccc(O)cc7CC[C@@H]6c6ccccc6)cc5)CC4)cc3C2=O)C(=O)N1. The maximum Gasteiger partial charge on any atom is 0.262 e. The van der Waals surface area contributed by atoms with E-state index in [9.17, 15) is 19.5 Å². The number of nitrogens with zero attached hydrogens (tertiary/aromatic N) is 2. The van der Waals surface area contributed by atoms with Crippen molar-refractivity contribution in [3.8, 4) is 11.5 Å². The molecule has 0 aromatic heterocycles. The highest BCUT2D eigenvalue weighted by atomic mass is 16.5. The van der Waals surface area contributed by atoms with Crippen LogP contribution in [0.1, 0.15) is 112 Å². The molecule has 1 unspecified atom stereocenters. The third-order valence-electron chi connectivity index (χ3n) is 12.4. The molecule has 284 valence electrons. The van der Waals surface area contributed by atoms with Gasteiger partial charge in [0.2, 0.25) is 5.91 Å². The summed E-state index contributed by atoms with van der Waals surface area (Å²) in [4.78, 5) is 42.5. The number of phenols is 1. The summed E-state index contributed by atoms with van der Waals surface area (Å²) >= 11 is 0. The van der Waals surface area contributed by atoms with E-state index in [2.05, 4.69) is 77.5 Å². The first kappa shape index (κ1) is 36.8.